The Morgan fingerprint density at radius 3 is 2.86 bits per heavy atom. The number of hydrogen-bond acceptors (Lipinski definition) is 2. The van der Waals surface area contributed by atoms with Crippen LogP contribution >= 0.6 is 22.9 Å². The second-order valence-corrected chi connectivity index (χ2v) is 5.89. The van der Waals surface area contributed by atoms with E-state index in [0.29, 0.717) is 5.02 Å². The molecule has 74 valence electrons. The van der Waals surface area contributed by atoms with Crippen molar-refractivity contribution in [2.24, 2.45) is 5.14 Å². The van der Waals surface area contributed by atoms with Crippen LogP contribution in [0.3, 0.4) is 0 Å². The standard InChI is InChI=1S/C9H8ClNOS2/c1-5-7-3-2-6(10)4-8(7)13-9(5)14(11)12/h2-4H,1H3,(H2,11,12)/p+1. The summed E-state index contributed by atoms with van der Waals surface area (Å²) >= 11 is 7.32. The van der Waals surface area contributed by atoms with Crippen LogP contribution in [0.1, 0.15) is 5.56 Å². The minimum Gasteiger partial charge on any atom is -0.146 e. The van der Waals surface area contributed by atoms with Gasteiger partial charge in [-0.2, -0.15) is 0 Å². The molecule has 0 radical (unpaired) electrons. The van der Waals surface area contributed by atoms with Gasteiger partial charge < -0.3 is 0 Å². The highest BCUT2D eigenvalue weighted by Crippen LogP contribution is 2.33. The van der Waals surface area contributed by atoms with Crippen LogP contribution in [0.4, 0.5) is 0 Å². The van der Waals surface area contributed by atoms with Gasteiger partial charge in [0.15, 0.2) is 11.0 Å². The van der Waals surface area contributed by atoms with Gasteiger partial charge in [-0.3, -0.25) is 0 Å². The second-order valence-electron chi connectivity index (χ2n) is 3.00. The Hall–Kier alpha value is -0.420. The van der Waals surface area contributed by atoms with Crippen LogP contribution < -0.4 is 5.14 Å². The van der Waals surface area contributed by atoms with Gasteiger partial charge in [-0.05, 0) is 19.1 Å². The molecule has 1 atom stereocenters. The lowest BCUT2D eigenvalue weighted by Gasteiger charge is -1.90. The Morgan fingerprint density at radius 1 is 1.50 bits per heavy atom. The Morgan fingerprint density at radius 2 is 2.21 bits per heavy atom. The van der Waals surface area contributed by atoms with E-state index in [1.165, 1.54) is 11.3 Å². The van der Waals surface area contributed by atoms with Gasteiger partial charge in [-0.25, -0.2) is 0 Å². The van der Waals surface area contributed by atoms with Crippen LogP contribution in [-0.4, -0.2) is 0 Å². The summed E-state index contributed by atoms with van der Waals surface area (Å²) in [4.78, 5) is 0. The second kappa shape index (κ2) is 3.62. The summed E-state index contributed by atoms with van der Waals surface area (Å²) in [6.07, 6.45) is 0. The largest absolute Gasteiger partial charge is 0.232 e. The summed E-state index contributed by atoms with van der Waals surface area (Å²) in [5.41, 5.74) is 1.00. The predicted octanol–water partition coefficient (Wildman–Crippen LogP) is 2.79. The van der Waals surface area contributed by atoms with Gasteiger partial charge in [0.2, 0.25) is 4.21 Å². The van der Waals surface area contributed by atoms with Crippen LogP contribution in [0.25, 0.3) is 10.1 Å². The summed E-state index contributed by atoms with van der Waals surface area (Å²) in [5.74, 6) is 0. The number of thiophene rings is 1. The molecule has 2 aromatic rings. The van der Waals surface area contributed by atoms with Crippen LogP contribution in [0, 0.1) is 6.92 Å². The molecule has 0 fully saturated rings. The van der Waals surface area contributed by atoms with E-state index in [-0.39, 0.29) is 0 Å². The molecule has 1 aromatic carbocycles. The van der Waals surface area contributed by atoms with Crippen LogP contribution in [0.5, 0.6) is 0 Å². The summed E-state index contributed by atoms with van der Waals surface area (Å²) in [7, 11) is -1.75. The van der Waals surface area contributed by atoms with Crippen LogP contribution in [-0.2, 0) is 15.2 Å². The molecule has 1 unspecified atom stereocenters. The maximum atomic E-state index is 11.2. The van der Waals surface area contributed by atoms with Crippen molar-refractivity contribution in [2.75, 3.05) is 0 Å². The zero-order chi connectivity index (χ0) is 10.3. The summed E-state index contributed by atoms with van der Waals surface area (Å²) in [6, 6.07) is 5.64. The fourth-order valence-electron chi connectivity index (χ4n) is 1.40. The summed E-state index contributed by atoms with van der Waals surface area (Å²) < 4.78 is 13.0. The molecule has 0 saturated carbocycles. The van der Waals surface area contributed by atoms with Crippen molar-refractivity contribution in [2.45, 2.75) is 11.1 Å². The highest BCUT2D eigenvalue weighted by Gasteiger charge is 2.16. The van der Waals surface area contributed by atoms with E-state index in [0.717, 1.165) is 19.9 Å². The molecule has 0 saturated heterocycles. The molecule has 0 aliphatic carbocycles. The van der Waals surface area contributed by atoms with Gasteiger partial charge in [0.25, 0.3) is 0 Å². The number of hydrogen-bond donors (Lipinski definition) is 1. The Kier molecular flexibility index (Phi) is 2.62. The SMILES string of the molecule is Cc1c([SH+](N)=O)sc2cc(Cl)ccc12. The third kappa shape index (κ3) is 1.59. The highest BCUT2D eigenvalue weighted by molar-refractivity contribution is 7.85. The normalized spacial score (nSPS) is 13.4. The molecule has 1 aromatic heterocycles. The maximum Gasteiger partial charge on any atom is 0.232 e. The molecule has 2 rings (SSSR count). The molecule has 1 heterocycles. The third-order valence-electron chi connectivity index (χ3n) is 2.08. The van der Waals surface area contributed by atoms with E-state index in [1.54, 1.807) is 0 Å². The zero-order valence-corrected chi connectivity index (χ0v) is 9.92. The van der Waals surface area contributed by atoms with Crippen molar-refractivity contribution < 1.29 is 4.21 Å². The van der Waals surface area contributed by atoms with E-state index in [9.17, 15) is 4.21 Å². The van der Waals surface area contributed by atoms with E-state index < -0.39 is 11.0 Å². The fourth-order valence-corrected chi connectivity index (χ4v) is 3.73. The lowest BCUT2D eigenvalue weighted by Crippen LogP contribution is -2.00. The average molecular weight is 247 g/mol. The first kappa shape index (κ1) is 10.1. The lowest BCUT2D eigenvalue weighted by atomic mass is 10.2. The van der Waals surface area contributed by atoms with Gasteiger partial charge in [0.05, 0.1) is 0 Å². The quantitative estimate of drug-likeness (QED) is 0.610. The average Bonchev–Trinajstić information content (AvgIpc) is 2.43. The maximum absolute atomic E-state index is 11.2. The van der Waals surface area contributed by atoms with Crippen LogP contribution in [0.15, 0.2) is 22.4 Å². The minimum absolute atomic E-state index is 0.692. The predicted molar refractivity (Wildman–Crippen MR) is 63.5 cm³/mol. The molecule has 0 spiro atoms. The topological polar surface area (TPSA) is 43.1 Å². The molecular weight excluding hydrogens is 238 g/mol. The van der Waals surface area contributed by atoms with Crippen LogP contribution in [0.2, 0.25) is 5.02 Å². The first-order valence-electron chi connectivity index (χ1n) is 4.00. The first-order valence-corrected chi connectivity index (χ1v) is 6.52. The van der Waals surface area contributed by atoms with E-state index in [4.69, 9.17) is 16.7 Å². The summed E-state index contributed by atoms with van der Waals surface area (Å²) in [5, 5.41) is 7.18. The molecule has 5 heteroatoms. The molecule has 0 aliphatic rings. The van der Waals surface area contributed by atoms with Crippen molar-refractivity contribution >= 4 is 44.0 Å². The molecule has 0 aliphatic heterocycles. The van der Waals surface area contributed by atoms with Gasteiger partial charge in [0.1, 0.15) is 0 Å². The zero-order valence-electron chi connectivity index (χ0n) is 7.45. The van der Waals surface area contributed by atoms with E-state index in [1.807, 2.05) is 25.1 Å². The van der Waals surface area contributed by atoms with Crippen molar-refractivity contribution in [3.05, 3.63) is 28.8 Å². The summed E-state index contributed by atoms with van der Waals surface area (Å²) in [6.45, 7) is 1.93. The molecule has 0 bridgehead atoms. The number of fused-ring (bicyclic) bond motifs is 1. The third-order valence-corrected chi connectivity index (χ3v) is 4.92. The van der Waals surface area contributed by atoms with Gasteiger partial charge >= 0.3 is 0 Å². The van der Waals surface area contributed by atoms with Crippen molar-refractivity contribution in [1.82, 2.24) is 0 Å². The first-order chi connectivity index (χ1) is 6.59. The number of benzene rings is 1. The molecule has 2 nitrogen and oxygen atoms in total. The van der Waals surface area contributed by atoms with Crippen molar-refractivity contribution in [3.63, 3.8) is 0 Å². The number of thiol groups is 1. The van der Waals surface area contributed by atoms with E-state index >= 15 is 0 Å². The Balaban J connectivity index is 2.79. The number of halogens is 1. The van der Waals surface area contributed by atoms with Crippen molar-refractivity contribution in [1.29, 1.82) is 0 Å². The van der Waals surface area contributed by atoms with Gasteiger partial charge in [0, 0.05) is 20.7 Å². The molecule has 2 N–H and O–H groups in total. The van der Waals surface area contributed by atoms with Gasteiger partial charge in [-0.15, -0.1) is 5.14 Å². The Labute approximate surface area is 93.3 Å². The minimum atomic E-state index is -1.75. The fraction of sp³-hybridized carbons (Fsp3) is 0.111. The number of rotatable bonds is 1. The molecule has 0 amide bonds. The van der Waals surface area contributed by atoms with E-state index in [2.05, 4.69) is 0 Å². The van der Waals surface area contributed by atoms with Gasteiger partial charge in [-0.1, -0.05) is 33.2 Å². The monoisotopic (exact) mass is 246 g/mol. The number of nitrogens with two attached hydrogens (primary N) is 1. The Bertz CT molecular complexity index is 521. The number of aryl methyl sites for hydroxylation is 1. The molecular formula is C9H9ClNOS2+. The lowest BCUT2D eigenvalue weighted by molar-refractivity contribution is 0.597. The highest BCUT2D eigenvalue weighted by atomic mass is 35.5. The van der Waals surface area contributed by atoms with Crippen molar-refractivity contribution in [3.8, 4) is 0 Å². The molecule has 14 heavy (non-hydrogen) atoms. The smallest absolute Gasteiger partial charge is 0.146 e.